The molecule has 0 amide bonds. The van der Waals surface area contributed by atoms with Gasteiger partial charge in [0.2, 0.25) is 0 Å². The predicted octanol–water partition coefficient (Wildman–Crippen LogP) is 8.31. The zero-order chi connectivity index (χ0) is 38.6. The minimum absolute atomic E-state index is 0.194. The number of hydrogen-bond acceptors (Lipinski definition) is 9. The summed E-state index contributed by atoms with van der Waals surface area (Å²) >= 11 is 0. The topological polar surface area (TPSA) is 112 Å². The highest BCUT2D eigenvalue weighted by Gasteiger charge is 2.43. The van der Waals surface area contributed by atoms with Crippen LogP contribution in [0.1, 0.15) is 79.2 Å². The second kappa shape index (κ2) is 14.7. The maximum absolute atomic E-state index is 15.1. The van der Waals surface area contributed by atoms with Gasteiger partial charge in [-0.15, -0.1) is 10.2 Å². The Hall–Kier alpha value is -4.61. The Morgan fingerprint density at radius 1 is 0.964 bits per heavy atom. The zero-order valence-corrected chi connectivity index (χ0v) is 33.8. The van der Waals surface area contributed by atoms with Crippen LogP contribution < -0.4 is 9.47 Å². The van der Waals surface area contributed by atoms with E-state index in [4.69, 9.17) is 29.0 Å². The van der Waals surface area contributed by atoms with Crippen molar-refractivity contribution in [1.29, 1.82) is 5.26 Å². The molecule has 2 unspecified atom stereocenters. The Bertz CT molecular complexity index is 2300. The van der Waals surface area contributed by atoms with Gasteiger partial charge in [-0.05, 0) is 99.6 Å². The van der Waals surface area contributed by atoms with Gasteiger partial charge in [-0.1, -0.05) is 31.8 Å². The van der Waals surface area contributed by atoms with Gasteiger partial charge in [-0.3, -0.25) is 9.47 Å². The lowest BCUT2D eigenvalue weighted by molar-refractivity contribution is -0.0712. The number of hydrogen-bond donors (Lipinski definition) is 0. The molecule has 0 spiro atoms. The van der Waals surface area contributed by atoms with E-state index >= 15 is 4.39 Å². The highest BCUT2D eigenvalue weighted by atomic mass is 28.3. The Morgan fingerprint density at radius 2 is 1.79 bits per heavy atom. The summed E-state index contributed by atoms with van der Waals surface area (Å²) in [7, 11) is -1.20. The molecule has 0 N–H and O–H groups in total. The maximum Gasteiger partial charge on any atom is 0.278 e. The second-order valence-electron chi connectivity index (χ2n) is 17.2. The van der Waals surface area contributed by atoms with E-state index in [0.29, 0.717) is 24.1 Å². The van der Waals surface area contributed by atoms with Crippen LogP contribution in [-0.4, -0.2) is 69.7 Å². The van der Waals surface area contributed by atoms with Crippen molar-refractivity contribution in [1.82, 2.24) is 29.2 Å². The number of fused-ring (bicyclic) bond motifs is 2. The Labute approximate surface area is 328 Å². The minimum atomic E-state index is -1.32. The van der Waals surface area contributed by atoms with Crippen molar-refractivity contribution in [3.8, 4) is 29.0 Å². The molecule has 3 fully saturated rings. The molecule has 2 aromatic heterocycles. The zero-order valence-electron chi connectivity index (χ0n) is 32.8. The van der Waals surface area contributed by atoms with Crippen molar-refractivity contribution in [2.75, 3.05) is 26.3 Å². The first-order valence-corrected chi connectivity index (χ1v) is 23.8. The monoisotopic (exact) mass is 775 g/mol. The molecule has 2 saturated heterocycles. The summed E-state index contributed by atoms with van der Waals surface area (Å²) in [5, 5.41) is 18.6. The number of aromatic nitrogens is 5. The number of nitriles is 1. The van der Waals surface area contributed by atoms with E-state index in [9.17, 15) is 5.26 Å². The predicted molar refractivity (Wildman–Crippen MR) is 213 cm³/mol. The first-order chi connectivity index (χ1) is 27.0. The van der Waals surface area contributed by atoms with E-state index in [1.54, 1.807) is 19.1 Å². The molecule has 4 aliphatic rings. The molecule has 292 valence electrons. The van der Waals surface area contributed by atoms with Crippen molar-refractivity contribution in [3.63, 3.8) is 0 Å². The number of rotatable bonds is 13. The smallest absolute Gasteiger partial charge is 0.278 e. The molecule has 1 aliphatic carbocycles. The number of imidazole rings is 1. The third-order valence-corrected chi connectivity index (χ3v) is 13.5. The first-order valence-electron chi connectivity index (χ1n) is 20.1. The van der Waals surface area contributed by atoms with Crippen molar-refractivity contribution < 1.29 is 23.3 Å². The van der Waals surface area contributed by atoms with Crippen molar-refractivity contribution in [3.05, 3.63) is 88.8 Å². The number of nitrogens with zero attached hydrogens (tertiary/aromatic N) is 7. The number of piperidine rings is 1. The fraction of sp³-hybridized carbons (Fsp3) is 0.488. The van der Waals surface area contributed by atoms with Crippen LogP contribution in [0.5, 0.6) is 11.5 Å². The van der Waals surface area contributed by atoms with Gasteiger partial charge in [0.25, 0.3) is 5.79 Å². The summed E-state index contributed by atoms with van der Waals surface area (Å²) in [6, 6.07) is 20.0. The molecular formula is C43H50FN7O4Si. The van der Waals surface area contributed by atoms with Crippen molar-refractivity contribution >= 4 is 19.1 Å². The number of para-hydroxylation sites is 1. The summed E-state index contributed by atoms with van der Waals surface area (Å²) in [5.74, 6) is 3.07. The molecule has 13 heteroatoms. The van der Waals surface area contributed by atoms with Crippen LogP contribution in [0.2, 0.25) is 25.7 Å². The molecule has 1 saturated carbocycles. The van der Waals surface area contributed by atoms with Crippen LogP contribution in [0, 0.1) is 17.1 Å². The Kier molecular flexibility index (Phi) is 9.72. The van der Waals surface area contributed by atoms with E-state index in [2.05, 4.69) is 63.0 Å². The average Bonchev–Trinajstić information content (AvgIpc) is 3.68. The molecule has 0 radical (unpaired) electrons. The normalized spacial score (nSPS) is 21.4. The minimum Gasteiger partial charge on any atom is -0.444 e. The number of benzene rings is 3. The Morgan fingerprint density at radius 3 is 2.50 bits per heavy atom. The van der Waals surface area contributed by atoms with Gasteiger partial charge in [-0.25, -0.2) is 9.37 Å². The summed E-state index contributed by atoms with van der Waals surface area (Å²) in [5.41, 5.74) is 4.66. The number of ether oxygens (including phenoxy) is 4. The highest BCUT2D eigenvalue weighted by Crippen LogP contribution is 2.50. The molecule has 2 atom stereocenters. The van der Waals surface area contributed by atoms with Crippen molar-refractivity contribution in [2.45, 2.75) is 108 Å². The van der Waals surface area contributed by atoms with Crippen LogP contribution >= 0.6 is 0 Å². The lowest BCUT2D eigenvalue weighted by atomic mass is 9.88. The summed E-state index contributed by atoms with van der Waals surface area (Å²) in [6.45, 7) is 14.2. The van der Waals surface area contributed by atoms with Crippen LogP contribution in [0.4, 0.5) is 4.39 Å². The lowest BCUT2D eigenvalue weighted by Crippen LogP contribution is -2.35. The van der Waals surface area contributed by atoms with E-state index in [1.165, 1.54) is 6.07 Å². The molecule has 5 heterocycles. The third kappa shape index (κ3) is 7.35. The maximum atomic E-state index is 15.1. The van der Waals surface area contributed by atoms with Crippen molar-refractivity contribution in [2.24, 2.45) is 0 Å². The summed E-state index contributed by atoms with van der Waals surface area (Å²) < 4.78 is 44.5. The van der Waals surface area contributed by atoms with Crippen LogP contribution in [0.3, 0.4) is 0 Å². The van der Waals surface area contributed by atoms with Crippen LogP contribution in [0.25, 0.3) is 22.4 Å². The van der Waals surface area contributed by atoms with E-state index in [0.717, 1.165) is 117 Å². The SMILES string of the molecule is CC1(c2ccc(C#N)cc2F)Oc2cccc(C3CCN(Cc4nc5cc(-c6nnc(C7CC7)n6COCC[Si](C)(C)C)ccc5n4CC4CCO4)CC3)c2O1. The number of likely N-dealkylation sites (tertiary alicyclic amines) is 1. The van der Waals surface area contributed by atoms with Crippen LogP contribution in [-0.2, 0) is 35.1 Å². The van der Waals surface area contributed by atoms with Crippen LogP contribution in [0.15, 0.2) is 54.6 Å². The van der Waals surface area contributed by atoms with E-state index < -0.39 is 19.7 Å². The van der Waals surface area contributed by atoms with Gasteiger partial charge in [0.15, 0.2) is 17.3 Å². The standard InChI is InChI=1S/C43H50FN7O4Si/c1-43(34-12-8-28(24-45)22-35(34)44)54-38-7-5-6-33(40(38)55-43)29-14-17-49(18-15-29)26-39-46-36-23-31(11-13-37(36)50(39)25-32-16-19-53-32)42-48-47-41(30-9-10-30)51(42)27-52-20-21-56(2,3)4/h5-8,11-13,22-23,29-30,32H,9-10,14-21,25-27H2,1-4H3. The molecule has 5 aromatic rings. The second-order valence-corrected chi connectivity index (χ2v) is 22.9. The highest BCUT2D eigenvalue weighted by molar-refractivity contribution is 6.76. The van der Waals surface area contributed by atoms with Gasteiger partial charge in [0.05, 0.1) is 47.4 Å². The van der Waals surface area contributed by atoms with Gasteiger partial charge in [0, 0.05) is 45.3 Å². The van der Waals surface area contributed by atoms with Gasteiger partial charge in [0.1, 0.15) is 24.2 Å². The first kappa shape index (κ1) is 37.0. The number of halogens is 1. The van der Waals surface area contributed by atoms with Gasteiger partial charge < -0.3 is 23.5 Å². The fourth-order valence-corrected chi connectivity index (χ4v) is 9.00. The largest absolute Gasteiger partial charge is 0.444 e. The summed E-state index contributed by atoms with van der Waals surface area (Å²) in [6.07, 6.45) is 5.43. The van der Waals surface area contributed by atoms with Gasteiger partial charge >= 0.3 is 0 Å². The molecule has 56 heavy (non-hydrogen) atoms. The Balaban J connectivity index is 0.919. The molecule has 0 bridgehead atoms. The third-order valence-electron chi connectivity index (χ3n) is 11.8. The molecule has 3 aromatic carbocycles. The quantitative estimate of drug-likeness (QED) is 0.0861. The lowest BCUT2D eigenvalue weighted by Gasteiger charge is -2.33. The van der Waals surface area contributed by atoms with Gasteiger partial charge in [-0.2, -0.15) is 5.26 Å². The summed E-state index contributed by atoms with van der Waals surface area (Å²) in [4.78, 5) is 7.76. The molecule has 11 nitrogen and oxygen atoms in total. The molecular weight excluding hydrogens is 726 g/mol. The molecule has 9 rings (SSSR count). The van der Waals surface area contributed by atoms with E-state index in [1.807, 2.05) is 18.2 Å². The van der Waals surface area contributed by atoms with E-state index in [-0.39, 0.29) is 23.1 Å². The molecule has 3 aliphatic heterocycles. The average molecular weight is 776 g/mol. The fourth-order valence-electron chi connectivity index (χ4n) is 8.24.